The Morgan fingerprint density at radius 3 is 2.57 bits per heavy atom. The second-order valence-electron chi connectivity index (χ2n) is 4.61. The Kier molecular flexibility index (Phi) is 3.53. The molecule has 0 saturated carbocycles. The summed E-state index contributed by atoms with van der Waals surface area (Å²) in [6.07, 6.45) is 3.57. The van der Waals surface area contributed by atoms with E-state index in [0.717, 1.165) is 16.3 Å². The Bertz CT molecular complexity index is 740. The molecule has 1 aromatic carbocycles. The highest BCUT2D eigenvalue weighted by atomic mass is 32.1. The number of anilines is 1. The minimum Gasteiger partial charge on any atom is -0.298 e. The Morgan fingerprint density at radius 1 is 1.24 bits per heavy atom. The van der Waals surface area contributed by atoms with Crippen LogP contribution in [0.25, 0.3) is 5.69 Å². The third kappa shape index (κ3) is 2.85. The number of hydrogen-bond acceptors (Lipinski definition) is 4. The quantitative estimate of drug-likeness (QED) is 0.807. The number of nitrogens with zero attached hydrogens (tertiary/aromatic N) is 3. The second kappa shape index (κ2) is 5.49. The minimum atomic E-state index is -0.157. The summed E-state index contributed by atoms with van der Waals surface area (Å²) in [5.74, 6) is -0.157. The van der Waals surface area contributed by atoms with Crippen LogP contribution >= 0.6 is 11.3 Å². The van der Waals surface area contributed by atoms with Crippen molar-refractivity contribution in [2.75, 3.05) is 5.32 Å². The lowest BCUT2D eigenvalue weighted by atomic mass is 10.2. The molecule has 6 heteroatoms. The van der Waals surface area contributed by atoms with Crippen LogP contribution in [0.2, 0.25) is 0 Å². The second-order valence-corrected chi connectivity index (χ2v) is 5.82. The maximum Gasteiger partial charge on any atom is 0.257 e. The maximum atomic E-state index is 12.2. The van der Waals surface area contributed by atoms with Crippen molar-refractivity contribution in [1.29, 1.82) is 0 Å². The third-order valence-corrected chi connectivity index (χ3v) is 4.14. The van der Waals surface area contributed by atoms with Crippen molar-refractivity contribution in [1.82, 2.24) is 14.8 Å². The van der Waals surface area contributed by atoms with E-state index >= 15 is 0 Å². The Balaban J connectivity index is 1.76. The van der Waals surface area contributed by atoms with Gasteiger partial charge in [0.25, 0.3) is 5.91 Å². The van der Waals surface area contributed by atoms with Gasteiger partial charge >= 0.3 is 0 Å². The molecule has 0 aliphatic rings. The summed E-state index contributed by atoms with van der Waals surface area (Å²) in [5.41, 5.74) is 2.46. The van der Waals surface area contributed by atoms with Crippen molar-refractivity contribution in [3.05, 3.63) is 58.9 Å². The van der Waals surface area contributed by atoms with Crippen LogP contribution < -0.4 is 5.32 Å². The highest BCUT2D eigenvalue weighted by molar-refractivity contribution is 7.15. The van der Waals surface area contributed by atoms with Crippen LogP contribution in [0.15, 0.2) is 42.7 Å². The van der Waals surface area contributed by atoms with E-state index in [1.165, 1.54) is 11.3 Å². The van der Waals surface area contributed by atoms with Gasteiger partial charge in [0.15, 0.2) is 5.13 Å². The summed E-state index contributed by atoms with van der Waals surface area (Å²) in [7, 11) is 0. The van der Waals surface area contributed by atoms with E-state index in [0.29, 0.717) is 10.7 Å². The van der Waals surface area contributed by atoms with Crippen molar-refractivity contribution in [2.45, 2.75) is 13.8 Å². The number of carbonyl (C=O) groups excluding carboxylic acids is 1. The number of rotatable bonds is 3. The molecular weight excluding hydrogens is 284 g/mol. The number of aryl methyl sites for hydroxylation is 2. The molecule has 1 amide bonds. The predicted octanol–water partition coefficient (Wildman–Crippen LogP) is 3.20. The van der Waals surface area contributed by atoms with Crippen molar-refractivity contribution in [3.63, 3.8) is 0 Å². The van der Waals surface area contributed by atoms with Crippen LogP contribution in [0, 0.1) is 13.8 Å². The molecule has 0 bridgehead atoms. The van der Waals surface area contributed by atoms with E-state index < -0.39 is 0 Å². The molecular formula is C15H14N4OS. The molecule has 0 aliphatic carbocycles. The van der Waals surface area contributed by atoms with Crippen LogP contribution in [0.1, 0.15) is 20.9 Å². The van der Waals surface area contributed by atoms with Gasteiger partial charge < -0.3 is 0 Å². The summed E-state index contributed by atoms with van der Waals surface area (Å²) in [5, 5.41) is 7.60. The number of hydrogen-bond donors (Lipinski definition) is 1. The standard InChI is InChI=1S/C15H14N4OS/c1-10-11(2)21-15(17-10)18-14(20)12-4-6-13(7-5-12)19-9-3-8-16-19/h3-9H,1-2H3,(H,17,18,20). The molecule has 0 unspecified atom stereocenters. The molecule has 0 atom stereocenters. The summed E-state index contributed by atoms with van der Waals surface area (Å²) in [6.45, 7) is 3.92. The fourth-order valence-electron chi connectivity index (χ4n) is 1.88. The topological polar surface area (TPSA) is 59.8 Å². The number of aromatic nitrogens is 3. The molecule has 3 rings (SSSR count). The monoisotopic (exact) mass is 298 g/mol. The van der Waals surface area contributed by atoms with Gasteiger partial charge in [0.1, 0.15) is 0 Å². The number of nitrogens with one attached hydrogen (secondary N) is 1. The predicted molar refractivity (Wildman–Crippen MR) is 83.1 cm³/mol. The molecule has 0 radical (unpaired) electrons. The van der Waals surface area contributed by atoms with Gasteiger partial charge in [-0.2, -0.15) is 5.10 Å². The zero-order valence-electron chi connectivity index (χ0n) is 11.7. The fraction of sp³-hybridized carbons (Fsp3) is 0.133. The number of amides is 1. The van der Waals surface area contributed by atoms with E-state index in [1.54, 1.807) is 23.0 Å². The van der Waals surface area contributed by atoms with Crippen molar-refractivity contribution >= 4 is 22.4 Å². The minimum absolute atomic E-state index is 0.157. The molecule has 21 heavy (non-hydrogen) atoms. The van der Waals surface area contributed by atoms with Crippen LogP contribution in [-0.2, 0) is 0 Å². The zero-order valence-corrected chi connectivity index (χ0v) is 12.5. The van der Waals surface area contributed by atoms with Gasteiger partial charge in [-0.25, -0.2) is 9.67 Å². The normalized spacial score (nSPS) is 10.6. The largest absolute Gasteiger partial charge is 0.298 e. The Morgan fingerprint density at radius 2 is 2.00 bits per heavy atom. The Hall–Kier alpha value is -2.47. The molecule has 106 valence electrons. The molecule has 3 aromatic rings. The Labute approximate surface area is 126 Å². The van der Waals surface area contributed by atoms with Crippen LogP contribution in [-0.4, -0.2) is 20.7 Å². The zero-order chi connectivity index (χ0) is 14.8. The number of carbonyl (C=O) groups is 1. The fourth-order valence-corrected chi connectivity index (χ4v) is 2.69. The van der Waals surface area contributed by atoms with Crippen molar-refractivity contribution in [2.24, 2.45) is 0 Å². The number of thiazole rings is 1. The maximum absolute atomic E-state index is 12.2. The highest BCUT2D eigenvalue weighted by Gasteiger charge is 2.10. The molecule has 1 N–H and O–H groups in total. The average Bonchev–Trinajstić information content (AvgIpc) is 3.10. The molecule has 0 fully saturated rings. The molecule has 0 aliphatic heterocycles. The lowest BCUT2D eigenvalue weighted by molar-refractivity contribution is 0.102. The SMILES string of the molecule is Cc1nc(NC(=O)c2ccc(-n3cccn3)cc2)sc1C. The first kappa shape index (κ1) is 13.5. The first-order valence-electron chi connectivity index (χ1n) is 6.49. The van der Waals surface area contributed by atoms with E-state index in [1.807, 2.05) is 38.2 Å². The lowest BCUT2D eigenvalue weighted by Gasteiger charge is -2.04. The highest BCUT2D eigenvalue weighted by Crippen LogP contribution is 2.21. The molecule has 2 heterocycles. The summed E-state index contributed by atoms with van der Waals surface area (Å²) in [6, 6.07) is 9.13. The first-order valence-corrected chi connectivity index (χ1v) is 7.30. The summed E-state index contributed by atoms with van der Waals surface area (Å²) < 4.78 is 1.75. The van der Waals surface area contributed by atoms with E-state index in [2.05, 4.69) is 15.4 Å². The molecule has 0 spiro atoms. The first-order chi connectivity index (χ1) is 10.1. The van der Waals surface area contributed by atoms with Crippen LogP contribution in [0.4, 0.5) is 5.13 Å². The van der Waals surface area contributed by atoms with E-state index in [4.69, 9.17) is 0 Å². The molecule has 2 aromatic heterocycles. The van der Waals surface area contributed by atoms with E-state index in [9.17, 15) is 4.79 Å². The van der Waals surface area contributed by atoms with Gasteiger partial charge in [-0.1, -0.05) is 0 Å². The summed E-state index contributed by atoms with van der Waals surface area (Å²) in [4.78, 5) is 17.6. The average molecular weight is 298 g/mol. The molecule has 0 saturated heterocycles. The van der Waals surface area contributed by atoms with Crippen LogP contribution in [0.3, 0.4) is 0 Å². The number of benzene rings is 1. The van der Waals surface area contributed by atoms with Gasteiger partial charge in [0.2, 0.25) is 0 Å². The van der Waals surface area contributed by atoms with E-state index in [-0.39, 0.29) is 5.91 Å². The third-order valence-electron chi connectivity index (χ3n) is 3.15. The smallest absolute Gasteiger partial charge is 0.257 e. The van der Waals surface area contributed by atoms with Crippen molar-refractivity contribution in [3.8, 4) is 5.69 Å². The van der Waals surface area contributed by atoms with Gasteiger partial charge in [0, 0.05) is 22.8 Å². The van der Waals surface area contributed by atoms with Gasteiger partial charge in [-0.3, -0.25) is 10.1 Å². The van der Waals surface area contributed by atoms with Crippen molar-refractivity contribution < 1.29 is 4.79 Å². The molecule has 5 nitrogen and oxygen atoms in total. The lowest BCUT2D eigenvalue weighted by Crippen LogP contribution is -2.11. The summed E-state index contributed by atoms with van der Waals surface area (Å²) >= 11 is 1.48. The van der Waals surface area contributed by atoms with Gasteiger partial charge in [0.05, 0.1) is 11.4 Å². The van der Waals surface area contributed by atoms with Gasteiger partial charge in [-0.05, 0) is 44.2 Å². The van der Waals surface area contributed by atoms with Gasteiger partial charge in [-0.15, -0.1) is 11.3 Å². The van der Waals surface area contributed by atoms with Crippen LogP contribution in [0.5, 0.6) is 0 Å².